The van der Waals surface area contributed by atoms with Crippen LogP contribution in [-0.4, -0.2) is 104 Å². The van der Waals surface area contributed by atoms with E-state index in [1.807, 2.05) is 6.07 Å². The number of hydrogen-bond donors (Lipinski definition) is 7. The van der Waals surface area contributed by atoms with Crippen LogP contribution in [0.25, 0.3) is 4.85 Å². The number of benzene rings is 6. The van der Waals surface area contributed by atoms with Crippen LogP contribution < -0.4 is 97.9 Å². The minimum atomic E-state index is -0.499. The molecule has 9 aromatic rings. The number of nitrogens with zero attached hydrogens (tertiary/aromatic N) is 6. The predicted octanol–water partition coefficient (Wildman–Crippen LogP) is 10.8. The van der Waals surface area contributed by atoms with Crippen molar-refractivity contribution in [1.29, 1.82) is 10.7 Å². The summed E-state index contributed by atoms with van der Waals surface area (Å²) in [5, 5.41) is 31.2. The van der Waals surface area contributed by atoms with Crippen molar-refractivity contribution in [2.75, 3.05) is 67.7 Å². The second kappa shape index (κ2) is 39.5. The summed E-state index contributed by atoms with van der Waals surface area (Å²) in [6.45, 7) is 6.63. The molecule has 0 aliphatic carbocycles. The quantitative estimate of drug-likeness (QED) is 0.00954. The minimum absolute atomic E-state index is 0. The van der Waals surface area contributed by atoms with E-state index in [9.17, 15) is 28.8 Å². The number of rotatable bonds is 15. The Morgan fingerprint density at radius 2 is 0.883 bits per heavy atom. The predicted molar refractivity (Wildman–Crippen MR) is 374 cm³/mol. The monoisotopic (exact) mass is 1480 g/mol. The van der Waals surface area contributed by atoms with E-state index in [0.29, 0.717) is 112 Å². The standard InChI is InChI=1S/C23H22ClN5O3.C21H15ClN4O3.C13H12ClN3O2.C8H4ClNO.B.HI.K.H/c1-29(2)21(25)14-4-6-15(7-5-14)22(30)27-19-10-9-17(32-3)12-18(19)23(31)28-20-11-8-16(24)13-26-20;1-29-16-7-8-18(25-20(27)14-4-2-13(11-23)3-5-14)17(10-16)21(28)26-19-9-6-15(22)12-24-19;1-19-9-3-4-11(15)10(6-9)13(18)17-12-5-2-8(14)7-16-12;1-10-7-4-2-6(3-5-7)8(9)11;;;;/h4-13,25H,1-3H3,(H,27,30)(H,26,28,31);2-10,12H,1H3,(H,25,27)(H,24,26,28);2-7H,15H2,1H3,(H,16,17,18);2-5H;;1H;;/q;;;;;;+1;-1. The maximum atomic E-state index is 12.9. The van der Waals surface area contributed by atoms with Crippen molar-refractivity contribution in [2.24, 2.45) is 0 Å². The summed E-state index contributed by atoms with van der Waals surface area (Å²) in [5.41, 5.74) is 10.3. The van der Waals surface area contributed by atoms with E-state index in [0.717, 1.165) is 0 Å². The van der Waals surface area contributed by atoms with E-state index in [1.54, 1.807) is 146 Å². The van der Waals surface area contributed by atoms with Crippen LogP contribution in [-0.2, 0) is 0 Å². The van der Waals surface area contributed by atoms with Gasteiger partial charge in [0.15, 0.2) is 5.69 Å². The Hall–Kier alpha value is -8.97. The van der Waals surface area contributed by atoms with Gasteiger partial charge in [-0.1, -0.05) is 71.2 Å². The zero-order valence-electron chi connectivity index (χ0n) is 51.8. The second-order valence-electron chi connectivity index (χ2n) is 18.6. The van der Waals surface area contributed by atoms with Crippen LogP contribution >= 0.6 is 70.4 Å². The molecule has 3 heterocycles. The van der Waals surface area contributed by atoms with Crippen LogP contribution in [0.15, 0.2) is 182 Å². The van der Waals surface area contributed by atoms with Crippen LogP contribution in [0.4, 0.5) is 40.2 Å². The van der Waals surface area contributed by atoms with Crippen molar-refractivity contribution in [3.8, 4) is 23.3 Å². The molecule has 473 valence electrons. The largest absolute Gasteiger partial charge is 1.00 e. The molecule has 3 aromatic heterocycles. The van der Waals surface area contributed by atoms with Gasteiger partial charge in [0.05, 0.1) is 82.7 Å². The van der Waals surface area contributed by atoms with Gasteiger partial charge >= 0.3 is 51.4 Å². The Kier molecular flexibility index (Phi) is 33.4. The fourth-order valence-corrected chi connectivity index (χ4v) is 7.90. The number of carbonyl (C=O) groups is 6. The summed E-state index contributed by atoms with van der Waals surface area (Å²) >= 11 is 22.5. The number of pyridine rings is 3. The summed E-state index contributed by atoms with van der Waals surface area (Å²) in [5.74, 6) is 0.727. The Morgan fingerprint density at radius 1 is 0.532 bits per heavy atom. The van der Waals surface area contributed by atoms with E-state index in [4.69, 9.17) is 83.6 Å². The molecule has 0 spiro atoms. The molecule has 0 bridgehead atoms. The van der Waals surface area contributed by atoms with Gasteiger partial charge in [-0.2, -0.15) is 5.26 Å². The molecule has 94 heavy (non-hydrogen) atoms. The number of aromatic nitrogens is 3. The summed E-state index contributed by atoms with van der Waals surface area (Å²) in [4.78, 5) is 90.5. The number of amides is 5. The smallest absolute Gasteiger partial charge is 1.00 e. The van der Waals surface area contributed by atoms with Gasteiger partial charge in [0.2, 0.25) is 0 Å². The van der Waals surface area contributed by atoms with Gasteiger partial charge in [-0.25, -0.2) is 19.8 Å². The number of carbonyl (C=O) groups excluding carboxylic acids is 6. The van der Waals surface area contributed by atoms with Crippen molar-refractivity contribution in [1.82, 2.24) is 19.9 Å². The first-order valence-electron chi connectivity index (χ1n) is 26.4. The van der Waals surface area contributed by atoms with Gasteiger partial charge in [-0.05, 0) is 139 Å². The van der Waals surface area contributed by atoms with E-state index >= 15 is 0 Å². The molecule has 9 rings (SSSR count). The zero-order valence-corrected chi connectivity index (χ0v) is 59.2. The van der Waals surface area contributed by atoms with Gasteiger partial charge < -0.3 is 52.9 Å². The average Bonchev–Trinajstić information content (AvgIpc) is 0.970. The number of halogens is 5. The van der Waals surface area contributed by atoms with Crippen LogP contribution in [0.2, 0.25) is 15.1 Å². The molecule has 3 radical (unpaired) electrons. The van der Waals surface area contributed by atoms with Crippen LogP contribution in [0.5, 0.6) is 17.2 Å². The Morgan fingerprint density at radius 3 is 1.22 bits per heavy atom. The normalized spacial score (nSPS) is 9.61. The number of ether oxygens (including phenoxy) is 3. The first-order chi connectivity index (χ1) is 43.6. The molecular formula is C65H55BCl4IKN13O9. The third-order valence-corrected chi connectivity index (χ3v) is 13.1. The van der Waals surface area contributed by atoms with Crippen molar-refractivity contribution < 1.29 is 95.8 Å². The summed E-state index contributed by atoms with van der Waals surface area (Å²) < 4.78 is 15.5. The van der Waals surface area contributed by atoms with Crippen molar-refractivity contribution in [3.63, 3.8) is 0 Å². The first-order valence-corrected chi connectivity index (χ1v) is 27.9. The number of anilines is 6. The fourth-order valence-electron chi connectivity index (χ4n) is 7.44. The van der Waals surface area contributed by atoms with E-state index < -0.39 is 28.9 Å². The maximum absolute atomic E-state index is 12.9. The summed E-state index contributed by atoms with van der Waals surface area (Å²) in [6, 6.07) is 44.9. The molecular weight excluding hydrogens is 1430 g/mol. The van der Waals surface area contributed by atoms with Gasteiger partial charge in [0.1, 0.15) is 40.5 Å². The summed E-state index contributed by atoms with van der Waals surface area (Å²) in [6.07, 6.45) is 4.29. The van der Waals surface area contributed by atoms with Gasteiger partial charge in [-0.15, -0.1) is 24.0 Å². The van der Waals surface area contributed by atoms with Crippen LogP contribution in [0.1, 0.15) is 74.7 Å². The first kappa shape index (κ1) is 79.3. The molecule has 0 aliphatic heterocycles. The molecule has 6 aromatic carbocycles. The maximum Gasteiger partial charge on any atom is 1.00 e. The molecule has 0 unspecified atom stereocenters. The van der Waals surface area contributed by atoms with E-state index in [1.165, 1.54) is 76.3 Å². The molecule has 0 atom stereocenters. The molecule has 22 nitrogen and oxygen atoms in total. The Balaban J connectivity index is 0.000000449. The van der Waals surface area contributed by atoms with Gasteiger partial charge in [0, 0.05) is 69.0 Å². The topological polar surface area (TPSA) is 310 Å². The zero-order chi connectivity index (χ0) is 66.1. The van der Waals surface area contributed by atoms with Crippen molar-refractivity contribution in [2.45, 2.75) is 0 Å². The molecule has 0 saturated carbocycles. The number of nitrogens with one attached hydrogen (secondary N) is 6. The van der Waals surface area contributed by atoms with Gasteiger partial charge in [-0.3, -0.25) is 34.2 Å². The molecule has 0 fully saturated rings. The average molecular weight is 1480 g/mol. The number of hydrogen-bond acceptors (Lipinski definition) is 15. The van der Waals surface area contributed by atoms with Crippen molar-refractivity contribution in [3.05, 3.63) is 253 Å². The van der Waals surface area contributed by atoms with Crippen LogP contribution in [0.3, 0.4) is 0 Å². The number of nitriles is 1. The number of nitrogens with two attached hydrogens (primary N) is 1. The van der Waals surface area contributed by atoms with Crippen LogP contribution in [0, 0.1) is 23.3 Å². The third kappa shape index (κ3) is 24.2. The molecule has 8 N–H and O–H groups in total. The van der Waals surface area contributed by atoms with Crippen molar-refractivity contribution >= 4 is 160 Å². The molecule has 0 aliphatic rings. The minimum Gasteiger partial charge on any atom is -1.00 e. The second-order valence-corrected chi connectivity index (χ2v) is 20.2. The Labute approximate surface area is 624 Å². The number of methoxy groups -OCH3 is 3. The van der Waals surface area contributed by atoms with E-state index in [2.05, 4.69) is 46.4 Å². The van der Waals surface area contributed by atoms with Gasteiger partial charge in [0.25, 0.3) is 34.8 Å². The number of amidine groups is 1. The van der Waals surface area contributed by atoms with E-state index in [-0.39, 0.29) is 102 Å². The third-order valence-electron chi connectivity index (χ3n) is 12.2. The summed E-state index contributed by atoms with van der Waals surface area (Å²) in [7, 11) is 8.04. The molecule has 5 amide bonds. The fraction of sp³-hybridized carbons (Fsp3) is 0.0769. The molecule has 29 heteroatoms. The SMILES string of the molecule is COc1ccc(N)c(C(=O)Nc2ccc(Cl)cn2)c1.COc1ccc(NC(=O)c2ccc(C#N)cc2)c(C(=O)Nc2ccc(Cl)cn2)c1.COc1ccc(NC(=O)c2ccc(C(=N)N(C)C)cc2)c(C(=O)Nc2ccc(Cl)cn2)c1.I.[B].[C-]#[N+]c1ccc(C(=O)Cl)cc1.[H-].[K+]. The Bertz CT molecular complexity index is 4200. The molecule has 0 saturated heterocycles. The number of nitrogen functional groups attached to an aromatic ring is 1.